The van der Waals surface area contributed by atoms with Gasteiger partial charge < -0.3 is 20.1 Å². The van der Waals surface area contributed by atoms with E-state index in [4.69, 9.17) is 4.74 Å². The number of hydrogen-bond donors (Lipinski definition) is 2. The lowest BCUT2D eigenvalue weighted by Crippen LogP contribution is -2.26. The Kier molecular flexibility index (Phi) is 8.09. The molecule has 1 atom stereocenters. The number of methoxy groups -OCH3 is 1. The molecule has 2 aromatic heterocycles. The number of pyridine rings is 2. The maximum Gasteiger partial charge on any atom is 0.253 e. The van der Waals surface area contributed by atoms with E-state index in [9.17, 15) is 9.90 Å². The molecule has 1 amide bonds. The van der Waals surface area contributed by atoms with Crippen molar-refractivity contribution in [2.45, 2.75) is 19.1 Å². The summed E-state index contributed by atoms with van der Waals surface area (Å²) in [4.78, 5) is 22.5. The summed E-state index contributed by atoms with van der Waals surface area (Å²) in [5.74, 6) is 0.499. The number of rotatable bonds is 10. The maximum atomic E-state index is 12.6. The Morgan fingerprint density at radius 1 is 1.13 bits per heavy atom. The van der Waals surface area contributed by atoms with E-state index in [1.807, 2.05) is 36.4 Å². The molecule has 0 aliphatic heterocycles. The number of hydrogen-bond acceptors (Lipinski definition) is 6. The van der Waals surface area contributed by atoms with Crippen molar-refractivity contribution in [2.24, 2.45) is 0 Å². The van der Waals surface area contributed by atoms with Crippen LogP contribution in [0.4, 0.5) is 0 Å². The molecule has 0 saturated carbocycles. The molecule has 0 aliphatic carbocycles. The minimum absolute atomic E-state index is 0.0234. The number of nitrogens with one attached hydrogen (secondary N) is 1. The van der Waals surface area contributed by atoms with Crippen LogP contribution in [0.1, 0.15) is 33.2 Å². The maximum absolute atomic E-state index is 12.6. The van der Waals surface area contributed by atoms with Gasteiger partial charge in [0.1, 0.15) is 0 Å². The largest absolute Gasteiger partial charge is 0.481 e. The fraction of sp³-hybridized carbons (Fsp3) is 0.292. The minimum atomic E-state index is -0.631. The fourth-order valence-electron chi connectivity index (χ4n) is 3.17. The highest BCUT2D eigenvalue weighted by Crippen LogP contribution is 2.14. The van der Waals surface area contributed by atoms with E-state index >= 15 is 0 Å². The SMILES string of the molecule is COc1ccc(C(O)CNCCc2ccc(C(=O)N(C)Cc3cccnc3)cc2)cn1. The van der Waals surface area contributed by atoms with Crippen LogP contribution in [0.2, 0.25) is 0 Å². The summed E-state index contributed by atoms with van der Waals surface area (Å²) >= 11 is 0. The van der Waals surface area contributed by atoms with Gasteiger partial charge in [-0.25, -0.2) is 4.98 Å². The summed E-state index contributed by atoms with van der Waals surface area (Å²) in [6, 6.07) is 15.0. The molecule has 162 valence electrons. The molecule has 3 rings (SSSR count). The van der Waals surface area contributed by atoms with Crippen LogP contribution in [-0.2, 0) is 13.0 Å². The Morgan fingerprint density at radius 2 is 1.94 bits per heavy atom. The van der Waals surface area contributed by atoms with Gasteiger partial charge in [-0.3, -0.25) is 9.78 Å². The molecular weight excluding hydrogens is 392 g/mol. The zero-order valence-corrected chi connectivity index (χ0v) is 17.9. The van der Waals surface area contributed by atoms with Gasteiger partial charge in [0.2, 0.25) is 5.88 Å². The third kappa shape index (κ3) is 6.60. The van der Waals surface area contributed by atoms with E-state index < -0.39 is 6.10 Å². The summed E-state index contributed by atoms with van der Waals surface area (Å²) in [6.45, 7) is 1.67. The molecule has 0 saturated heterocycles. The van der Waals surface area contributed by atoms with Crippen LogP contribution in [0.25, 0.3) is 0 Å². The molecule has 0 bridgehead atoms. The van der Waals surface area contributed by atoms with E-state index in [-0.39, 0.29) is 5.91 Å². The van der Waals surface area contributed by atoms with Crippen LogP contribution in [-0.4, -0.2) is 53.1 Å². The number of carbonyl (C=O) groups is 1. The predicted octanol–water partition coefficient (Wildman–Crippen LogP) is 2.62. The summed E-state index contributed by atoms with van der Waals surface area (Å²) in [6.07, 6.45) is 5.27. The minimum Gasteiger partial charge on any atom is -0.481 e. The molecule has 0 radical (unpaired) electrons. The average Bonchev–Trinajstić information content (AvgIpc) is 2.82. The molecule has 2 N–H and O–H groups in total. The van der Waals surface area contributed by atoms with Crippen LogP contribution < -0.4 is 10.1 Å². The molecule has 7 nitrogen and oxygen atoms in total. The Hall–Kier alpha value is -3.29. The van der Waals surface area contributed by atoms with Crippen molar-refractivity contribution >= 4 is 5.91 Å². The van der Waals surface area contributed by atoms with Gasteiger partial charge in [-0.05, 0) is 48.4 Å². The number of nitrogens with zero attached hydrogens (tertiary/aromatic N) is 3. The first-order valence-electron chi connectivity index (χ1n) is 10.2. The predicted molar refractivity (Wildman–Crippen MR) is 119 cm³/mol. The topological polar surface area (TPSA) is 87.6 Å². The van der Waals surface area contributed by atoms with Gasteiger partial charge >= 0.3 is 0 Å². The van der Waals surface area contributed by atoms with Gasteiger partial charge in [0.05, 0.1) is 13.2 Å². The number of amides is 1. The average molecular weight is 421 g/mol. The second kappa shape index (κ2) is 11.2. The van der Waals surface area contributed by atoms with E-state index in [0.717, 1.165) is 29.7 Å². The van der Waals surface area contributed by atoms with Crippen molar-refractivity contribution in [3.8, 4) is 5.88 Å². The van der Waals surface area contributed by atoms with Crippen molar-refractivity contribution < 1.29 is 14.6 Å². The summed E-state index contributed by atoms with van der Waals surface area (Å²) in [7, 11) is 3.35. The van der Waals surface area contributed by atoms with Gasteiger partial charge in [-0.15, -0.1) is 0 Å². The normalized spacial score (nSPS) is 11.7. The first-order chi connectivity index (χ1) is 15.1. The molecule has 1 unspecified atom stereocenters. The fourth-order valence-corrected chi connectivity index (χ4v) is 3.17. The molecular formula is C24H28N4O3. The Labute approximate surface area is 182 Å². The number of benzene rings is 1. The Balaban J connectivity index is 1.43. The second-order valence-corrected chi connectivity index (χ2v) is 7.32. The zero-order valence-electron chi connectivity index (χ0n) is 17.9. The van der Waals surface area contributed by atoms with Crippen LogP contribution in [0.15, 0.2) is 67.1 Å². The molecule has 3 aromatic rings. The molecule has 31 heavy (non-hydrogen) atoms. The van der Waals surface area contributed by atoms with Crippen molar-refractivity contribution in [3.63, 3.8) is 0 Å². The molecule has 0 fully saturated rings. The highest BCUT2D eigenvalue weighted by molar-refractivity contribution is 5.94. The van der Waals surface area contributed by atoms with E-state index in [1.165, 1.54) is 0 Å². The van der Waals surface area contributed by atoms with E-state index in [1.54, 1.807) is 49.8 Å². The van der Waals surface area contributed by atoms with Gasteiger partial charge in [0, 0.05) is 55.9 Å². The van der Waals surface area contributed by atoms with Crippen LogP contribution in [0, 0.1) is 0 Å². The number of ether oxygens (including phenoxy) is 1. The van der Waals surface area contributed by atoms with Gasteiger partial charge in [0.15, 0.2) is 0 Å². The highest BCUT2D eigenvalue weighted by Gasteiger charge is 2.12. The summed E-state index contributed by atoms with van der Waals surface area (Å²) in [5, 5.41) is 13.5. The van der Waals surface area contributed by atoms with Crippen LogP contribution >= 0.6 is 0 Å². The third-order valence-electron chi connectivity index (χ3n) is 4.97. The second-order valence-electron chi connectivity index (χ2n) is 7.32. The molecule has 7 heteroatoms. The molecule has 1 aromatic carbocycles. The molecule has 0 aliphatic rings. The lowest BCUT2D eigenvalue weighted by molar-refractivity contribution is 0.0785. The quantitative estimate of drug-likeness (QED) is 0.490. The van der Waals surface area contributed by atoms with Crippen molar-refractivity contribution in [1.29, 1.82) is 0 Å². The number of aliphatic hydroxyl groups is 1. The standard InChI is InChI=1S/C24H28N4O3/c1-28(17-19-4-3-12-25-14-19)24(30)20-7-5-18(6-8-20)11-13-26-16-22(29)21-9-10-23(31-2)27-15-21/h3-10,12,14-15,22,26,29H,11,13,16-17H2,1-2H3. The van der Waals surface area contributed by atoms with Crippen LogP contribution in [0.5, 0.6) is 5.88 Å². The first-order valence-corrected chi connectivity index (χ1v) is 10.2. The summed E-state index contributed by atoms with van der Waals surface area (Å²) < 4.78 is 5.02. The Bertz CT molecular complexity index is 947. The smallest absolute Gasteiger partial charge is 0.253 e. The van der Waals surface area contributed by atoms with Crippen molar-refractivity contribution in [2.75, 3.05) is 27.2 Å². The monoisotopic (exact) mass is 420 g/mol. The number of carbonyl (C=O) groups excluding carboxylic acids is 1. The van der Waals surface area contributed by atoms with Gasteiger partial charge in [0.25, 0.3) is 5.91 Å². The van der Waals surface area contributed by atoms with E-state index in [0.29, 0.717) is 24.5 Å². The molecule has 2 heterocycles. The van der Waals surface area contributed by atoms with Crippen molar-refractivity contribution in [3.05, 3.63) is 89.4 Å². The number of aliphatic hydroxyl groups excluding tert-OH is 1. The zero-order chi connectivity index (χ0) is 22.1. The number of aromatic nitrogens is 2. The van der Waals surface area contributed by atoms with E-state index in [2.05, 4.69) is 15.3 Å². The van der Waals surface area contributed by atoms with Crippen LogP contribution in [0.3, 0.4) is 0 Å². The lowest BCUT2D eigenvalue weighted by atomic mass is 10.1. The summed E-state index contributed by atoms with van der Waals surface area (Å²) in [5.41, 5.74) is 3.52. The molecule has 0 spiro atoms. The van der Waals surface area contributed by atoms with Gasteiger partial charge in [-0.1, -0.05) is 18.2 Å². The van der Waals surface area contributed by atoms with Gasteiger partial charge in [-0.2, -0.15) is 0 Å². The Morgan fingerprint density at radius 3 is 2.58 bits per heavy atom. The van der Waals surface area contributed by atoms with Crippen molar-refractivity contribution in [1.82, 2.24) is 20.2 Å². The first kappa shape index (κ1) is 22.4. The lowest BCUT2D eigenvalue weighted by Gasteiger charge is -2.17. The third-order valence-corrected chi connectivity index (χ3v) is 4.97. The highest BCUT2D eigenvalue weighted by atomic mass is 16.5.